The highest BCUT2D eigenvalue weighted by molar-refractivity contribution is 7.99. The molecule has 1 saturated heterocycles. The number of benzene rings is 1. The molecule has 2 aromatic rings. The van der Waals surface area contributed by atoms with Crippen molar-refractivity contribution in [2.45, 2.75) is 29.4 Å². The van der Waals surface area contributed by atoms with Gasteiger partial charge in [-0.15, -0.1) is 0 Å². The Balaban J connectivity index is 1.96. The molecule has 3 rings (SSSR count). The van der Waals surface area contributed by atoms with Gasteiger partial charge in [0.1, 0.15) is 0 Å². The number of nitrogens with zero attached hydrogens (tertiary/aromatic N) is 2. The van der Waals surface area contributed by atoms with Crippen LogP contribution in [0.15, 0.2) is 41.7 Å². The zero-order valence-corrected chi connectivity index (χ0v) is 12.3. The summed E-state index contributed by atoms with van der Waals surface area (Å²) in [6, 6.07) is 7.25. The van der Waals surface area contributed by atoms with Crippen molar-refractivity contribution in [2.24, 2.45) is 0 Å². The van der Waals surface area contributed by atoms with Gasteiger partial charge in [0.25, 0.3) is 5.76 Å². The highest BCUT2D eigenvalue weighted by atomic mass is 32.2. The number of thioether (sulfide) groups is 1. The van der Waals surface area contributed by atoms with E-state index in [4.69, 9.17) is 0 Å². The standard InChI is InChI=1S/C15H17F2N3S/c16-15(17)21-14-6-2-1-5-12(14)20-10-19-9-13(20)11-4-3-7-18-8-11/h1-2,5-6,9-11,15,18H,3-4,7-8H2. The first-order valence-corrected chi connectivity index (χ1v) is 7.91. The van der Waals surface area contributed by atoms with Crippen molar-refractivity contribution in [3.63, 3.8) is 0 Å². The average molecular weight is 309 g/mol. The van der Waals surface area contributed by atoms with Crippen molar-refractivity contribution >= 4 is 11.8 Å². The second-order valence-corrected chi connectivity index (χ2v) is 6.11. The van der Waals surface area contributed by atoms with Crippen LogP contribution in [0.2, 0.25) is 0 Å². The third-order valence-corrected chi connectivity index (χ3v) is 4.50. The van der Waals surface area contributed by atoms with Crippen LogP contribution in [0.1, 0.15) is 24.5 Å². The maximum atomic E-state index is 12.7. The summed E-state index contributed by atoms with van der Waals surface area (Å²) in [5, 5.41) is 3.38. The molecular formula is C15H17F2N3S. The molecule has 1 aliphatic rings. The van der Waals surface area contributed by atoms with Gasteiger partial charge in [-0.3, -0.25) is 0 Å². The minimum Gasteiger partial charge on any atom is -0.316 e. The number of halogens is 2. The van der Waals surface area contributed by atoms with Gasteiger partial charge in [0.05, 0.1) is 12.0 Å². The molecule has 0 aliphatic carbocycles. The number of imidazole rings is 1. The lowest BCUT2D eigenvalue weighted by molar-refractivity contribution is 0.252. The molecule has 1 N–H and O–H groups in total. The fourth-order valence-electron chi connectivity index (χ4n) is 2.76. The Bertz CT molecular complexity index is 594. The molecule has 21 heavy (non-hydrogen) atoms. The van der Waals surface area contributed by atoms with Gasteiger partial charge in [0, 0.05) is 29.2 Å². The van der Waals surface area contributed by atoms with Crippen molar-refractivity contribution in [1.82, 2.24) is 14.9 Å². The third kappa shape index (κ3) is 3.27. The minimum absolute atomic E-state index is 0.380. The monoisotopic (exact) mass is 309 g/mol. The molecule has 1 atom stereocenters. The molecule has 1 aromatic carbocycles. The van der Waals surface area contributed by atoms with Crippen LogP contribution in [0.25, 0.3) is 5.69 Å². The molecule has 3 nitrogen and oxygen atoms in total. The molecule has 1 unspecified atom stereocenters. The molecule has 0 saturated carbocycles. The highest BCUT2D eigenvalue weighted by Crippen LogP contribution is 2.33. The lowest BCUT2D eigenvalue weighted by atomic mass is 9.96. The van der Waals surface area contributed by atoms with Crippen LogP contribution in [0.3, 0.4) is 0 Å². The number of nitrogens with one attached hydrogen (secondary N) is 1. The Labute approximate surface area is 126 Å². The molecule has 0 bridgehead atoms. The second kappa shape index (κ2) is 6.58. The van der Waals surface area contributed by atoms with E-state index in [1.807, 2.05) is 22.9 Å². The summed E-state index contributed by atoms with van der Waals surface area (Å²) >= 11 is 0.581. The second-order valence-electron chi connectivity index (χ2n) is 5.08. The van der Waals surface area contributed by atoms with Gasteiger partial charge in [-0.05, 0) is 31.5 Å². The smallest absolute Gasteiger partial charge is 0.288 e. The molecule has 0 spiro atoms. The zero-order valence-electron chi connectivity index (χ0n) is 11.5. The quantitative estimate of drug-likeness (QED) is 0.874. The van der Waals surface area contributed by atoms with E-state index in [-0.39, 0.29) is 0 Å². The fraction of sp³-hybridized carbons (Fsp3) is 0.400. The Kier molecular flexibility index (Phi) is 4.55. The average Bonchev–Trinajstić information content (AvgIpc) is 2.97. The van der Waals surface area contributed by atoms with E-state index < -0.39 is 5.76 Å². The van der Waals surface area contributed by atoms with Crippen LogP contribution >= 0.6 is 11.8 Å². The summed E-state index contributed by atoms with van der Waals surface area (Å²) < 4.78 is 27.4. The third-order valence-electron chi connectivity index (χ3n) is 3.72. The van der Waals surface area contributed by atoms with E-state index in [0.717, 1.165) is 37.3 Å². The van der Waals surface area contributed by atoms with Gasteiger partial charge in [-0.25, -0.2) is 4.98 Å². The van der Waals surface area contributed by atoms with E-state index in [9.17, 15) is 8.78 Å². The number of para-hydroxylation sites is 1. The first kappa shape index (κ1) is 14.5. The van der Waals surface area contributed by atoms with Gasteiger partial charge < -0.3 is 9.88 Å². The first-order chi connectivity index (χ1) is 10.3. The van der Waals surface area contributed by atoms with E-state index >= 15 is 0 Å². The number of hydrogen-bond acceptors (Lipinski definition) is 3. The Morgan fingerprint density at radius 1 is 1.33 bits per heavy atom. The molecule has 6 heteroatoms. The molecule has 112 valence electrons. The van der Waals surface area contributed by atoms with Crippen LogP contribution in [0.4, 0.5) is 8.78 Å². The van der Waals surface area contributed by atoms with E-state index in [1.54, 1.807) is 18.5 Å². The maximum absolute atomic E-state index is 12.7. The number of alkyl halides is 2. The number of piperidine rings is 1. The SMILES string of the molecule is FC(F)Sc1ccccc1-n1cncc1C1CCCNC1. The molecular weight excluding hydrogens is 292 g/mol. The number of hydrogen-bond donors (Lipinski definition) is 1. The predicted octanol–water partition coefficient (Wildman–Crippen LogP) is 3.65. The normalized spacial score (nSPS) is 19.1. The van der Waals surface area contributed by atoms with Gasteiger partial charge in [-0.1, -0.05) is 23.9 Å². The van der Waals surface area contributed by atoms with Gasteiger partial charge >= 0.3 is 0 Å². The van der Waals surface area contributed by atoms with Crippen molar-refractivity contribution in [3.8, 4) is 5.69 Å². The van der Waals surface area contributed by atoms with E-state index in [1.165, 1.54) is 0 Å². The summed E-state index contributed by atoms with van der Waals surface area (Å²) in [6.45, 7) is 1.96. The maximum Gasteiger partial charge on any atom is 0.288 e. The number of aromatic nitrogens is 2. The van der Waals surface area contributed by atoms with Crippen LogP contribution in [0, 0.1) is 0 Å². The zero-order chi connectivity index (χ0) is 14.7. The van der Waals surface area contributed by atoms with Crippen molar-refractivity contribution in [2.75, 3.05) is 13.1 Å². The van der Waals surface area contributed by atoms with Crippen molar-refractivity contribution < 1.29 is 8.78 Å². The molecule has 1 aliphatic heterocycles. The van der Waals surface area contributed by atoms with Gasteiger partial charge in [-0.2, -0.15) is 8.78 Å². The van der Waals surface area contributed by atoms with Crippen LogP contribution in [-0.4, -0.2) is 28.4 Å². The molecule has 1 fully saturated rings. The highest BCUT2D eigenvalue weighted by Gasteiger charge is 2.21. The Hall–Kier alpha value is -1.40. The van der Waals surface area contributed by atoms with Gasteiger partial charge in [0.2, 0.25) is 0 Å². The summed E-state index contributed by atoms with van der Waals surface area (Å²) in [7, 11) is 0. The Morgan fingerprint density at radius 2 is 2.19 bits per heavy atom. The topological polar surface area (TPSA) is 29.9 Å². The van der Waals surface area contributed by atoms with Crippen molar-refractivity contribution in [3.05, 3.63) is 42.5 Å². The van der Waals surface area contributed by atoms with E-state index in [0.29, 0.717) is 22.6 Å². The molecule has 0 amide bonds. The van der Waals surface area contributed by atoms with Gasteiger partial charge in [0.15, 0.2) is 0 Å². The van der Waals surface area contributed by atoms with Crippen molar-refractivity contribution in [1.29, 1.82) is 0 Å². The lowest BCUT2D eigenvalue weighted by Gasteiger charge is -2.24. The predicted molar refractivity (Wildman–Crippen MR) is 80.3 cm³/mol. The minimum atomic E-state index is -2.42. The van der Waals surface area contributed by atoms with Crippen LogP contribution in [0.5, 0.6) is 0 Å². The summed E-state index contributed by atoms with van der Waals surface area (Å²) in [5.74, 6) is -2.04. The number of rotatable bonds is 4. The molecule has 0 radical (unpaired) electrons. The Morgan fingerprint density at radius 3 is 2.95 bits per heavy atom. The lowest BCUT2D eigenvalue weighted by Crippen LogP contribution is -2.29. The first-order valence-electron chi connectivity index (χ1n) is 7.03. The summed E-state index contributed by atoms with van der Waals surface area (Å²) in [6.07, 6.45) is 5.79. The summed E-state index contributed by atoms with van der Waals surface area (Å²) in [4.78, 5) is 4.81. The fourth-order valence-corrected chi connectivity index (χ4v) is 3.40. The van der Waals surface area contributed by atoms with Crippen LogP contribution < -0.4 is 5.32 Å². The summed E-state index contributed by atoms with van der Waals surface area (Å²) in [5.41, 5.74) is 1.87. The van der Waals surface area contributed by atoms with Crippen LogP contribution in [-0.2, 0) is 0 Å². The van der Waals surface area contributed by atoms with E-state index in [2.05, 4.69) is 10.3 Å². The molecule has 2 heterocycles. The largest absolute Gasteiger partial charge is 0.316 e. The molecule has 1 aromatic heterocycles.